The van der Waals surface area contributed by atoms with Crippen LogP contribution in [0.1, 0.15) is 37.1 Å². The lowest BCUT2D eigenvalue weighted by Crippen LogP contribution is -2.31. The lowest BCUT2D eigenvalue weighted by molar-refractivity contribution is 0.184. The van der Waals surface area contributed by atoms with Crippen LogP contribution in [0.25, 0.3) is 22.0 Å². The van der Waals surface area contributed by atoms with Crippen LogP contribution in [0.15, 0.2) is 48.5 Å². The van der Waals surface area contributed by atoms with E-state index in [0.29, 0.717) is 12.6 Å². The molecule has 1 heterocycles. The van der Waals surface area contributed by atoms with Gasteiger partial charge >= 0.3 is 0 Å². The van der Waals surface area contributed by atoms with Gasteiger partial charge in [-0.3, -0.25) is 0 Å². The molecule has 2 atom stereocenters. The highest BCUT2D eigenvalue weighted by molar-refractivity contribution is 5.89. The lowest BCUT2D eigenvalue weighted by atomic mass is 9.91. The van der Waals surface area contributed by atoms with Crippen LogP contribution in [-0.4, -0.2) is 22.7 Å². The van der Waals surface area contributed by atoms with Gasteiger partial charge in [-0.1, -0.05) is 36.4 Å². The third-order valence-electron chi connectivity index (χ3n) is 4.97. The van der Waals surface area contributed by atoms with Crippen molar-refractivity contribution in [3.63, 3.8) is 0 Å². The van der Waals surface area contributed by atoms with Crippen LogP contribution in [0, 0.1) is 0 Å². The molecule has 1 aliphatic carbocycles. The third kappa shape index (κ3) is 2.85. The number of benzene rings is 2. The molecule has 2 aromatic carbocycles. The predicted octanol–water partition coefficient (Wildman–Crippen LogP) is 4.18. The second-order valence-electron chi connectivity index (χ2n) is 6.85. The number of fused-ring (bicyclic) bond motifs is 3. The summed E-state index contributed by atoms with van der Waals surface area (Å²) < 4.78 is 0. The minimum Gasteiger partial charge on any atom is -0.392 e. The Bertz CT molecular complexity index is 836. The molecule has 0 spiro atoms. The van der Waals surface area contributed by atoms with E-state index in [0.717, 1.165) is 12.8 Å². The van der Waals surface area contributed by atoms with E-state index in [2.05, 4.69) is 58.8 Å². The maximum Gasteiger partial charge on any atom is 0.0636 e. The molecule has 3 aromatic rings. The van der Waals surface area contributed by atoms with Crippen molar-refractivity contribution >= 4 is 10.9 Å². The Balaban J connectivity index is 1.73. The van der Waals surface area contributed by atoms with E-state index in [1.54, 1.807) is 0 Å². The van der Waals surface area contributed by atoms with E-state index in [9.17, 15) is 5.11 Å². The Morgan fingerprint density at radius 1 is 1.17 bits per heavy atom. The zero-order valence-corrected chi connectivity index (χ0v) is 14.0. The lowest BCUT2D eigenvalue weighted by Gasteiger charge is -2.24. The quantitative estimate of drug-likeness (QED) is 0.675. The maximum atomic E-state index is 9.56. The van der Waals surface area contributed by atoms with Gasteiger partial charge in [0.15, 0.2) is 0 Å². The Morgan fingerprint density at radius 2 is 2.00 bits per heavy atom. The van der Waals surface area contributed by atoms with Gasteiger partial charge in [-0.25, -0.2) is 0 Å². The van der Waals surface area contributed by atoms with Crippen molar-refractivity contribution in [1.82, 2.24) is 10.3 Å². The summed E-state index contributed by atoms with van der Waals surface area (Å²) in [4.78, 5) is 3.62. The summed E-state index contributed by atoms with van der Waals surface area (Å²) in [6, 6.07) is 17.6. The van der Waals surface area contributed by atoms with Gasteiger partial charge in [0.2, 0.25) is 0 Å². The molecule has 124 valence electrons. The zero-order valence-electron chi connectivity index (χ0n) is 14.0. The zero-order chi connectivity index (χ0) is 16.5. The Morgan fingerprint density at radius 3 is 2.79 bits per heavy atom. The smallest absolute Gasteiger partial charge is 0.0636 e. The van der Waals surface area contributed by atoms with Crippen LogP contribution >= 0.6 is 0 Å². The Hall–Kier alpha value is -2.10. The van der Waals surface area contributed by atoms with E-state index >= 15 is 0 Å². The monoisotopic (exact) mass is 320 g/mol. The highest BCUT2D eigenvalue weighted by atomic mass is 16.3. The number of H-pyrrole nitrogens is 1. The van der Waals surface area contributed by atoms with Gasteiger partial charge in [-0.05, 0) is 55.0 Å². The number of aliphatic hydroxyl groups is 1. The van der Waals surface area contributed by atoms with Crippen molar-refractivity contribution in [3.05, 3.63) is 59.8 Å². The number of hydrogen-bond acceptors (Lipinski definition) is 2. The summed E-state index contributed by atoms with van der Waals surface area (Å²) in [5.74, 6) is 0. The predicted molar refractivity (Wildman–Crippen MR) is 99.1 cm³/mol. The molecule has 3 N–H and O–H groups in total. The molecule has 0 bridgehead atoms. The number of rotatable bonds is 4. The Kier molecular flexibility index (Phi) is 4.13. The fraction of sp³-hybridized carbons (Fsp3) is 0.333. The number of nitrogens with one attached hydrogen (secondary N) is 2. The van der Waals surface area contributed by atoms with Gasteiger partial charge in [0.25, 0.3) is 0 Å². The molecule has 0 unspecified atom stereocenters. The van der Waals surface area contributed by atoms with Crippen LogP contribution in [0.5, 0.6) is 0 Å². The van der Waals surface area contributed by atoms with E-state index < -0.39 is 0 Å². The molecule has 0 amide bonds. The van der Waals surface area contributed by atoms with Crippen molar-refractivity contribution in [3.8, 4) is 11.1 Å². The fourth-order valence-corrected chi connectivity index (χ4v) is 3.79. The second kappa shape index (κ2) is 6.42. The van der Waals surface area contributed by atoms with Crippen LogP contribution in [0.2, 0.25) is 0 Å². The largest absolute Gasteiger partial charge is 0.392 e. The van der Waals surface area contributed by atoms with Gasteiger partial charge in [0.05, 0.1) is 6.10 Å². The minimum atomic E-state index is -0.315. The topological polar surface area (TPSA) is 48.0 Å². The number of aliphatic hydroxyl groups excluding tert-OH is 1. The van der Waals surface area contributed by atoms with Gasteiger partial charge in [-0.2, -0.15) is 0 Å². The van der Waals surface area contributed by atoms with Crippen LogP contribution in [0.4, 0.5) is 0 Å². The molecule has 0 aliphatic heterocycles. The molecule has 1 aliphatic rings. The SMILES string of the molecule is C[C@H](O)CN[C@@H]1CCCc2c1[nH]c1ccc(-c3ccccc3)cc21. The fourth-order valence-electron chi connectivity index (χ4n) is 3.79. The van der Waals surface area contributed by atoms with Gasteiger partial charge in [0, 0.05) is 29.2 Å². The van der Waals surface area contributed by atoms with Gasteiger partial charge < -0.3 is 15.4 Å². The summed E-state index contributed by atoms with van der Waals surface area (Å²) in [5.41, 5.74) is 6.49. The van der Waals surface area contributed by atoms with Crippen molar-refractivity contribution < 1.29 is 5.11 Å². The normalized spacial score (nSPS) is 18.5. The number of aromatic nitrogens is 1. The molecule has 0 saturated carbocycles. The van der Waals surface area contributed by atoms with Crippen LogP contribution in [0.3, 0.4) is 0 Å². The number of hydrogen-bond donors (Lipinski definition) is 3. The summed E-state index contributed by atoms with van der Waals surface area (Å²) in [6.45, 7) is 2.46. The molecule has 3 nitrogen and oxygen atoms in total. The highest BCUT2D eigenvalue weighted by Crippen LogP contribution is 2.36. The Labute approximate surface area is 142 Å². The third-order valence-corrected chi connectivity index (χ3v) is 4.97. The van der Waals surface area contributed by atoms with E-state index in [-0.39, 0.29) is 6.10 Å². The summed E-state index contributed by atoms with van der Waals surface area (Å²) in [6.07, 6.45) is 3.12. The first-order chi connectivity index (χ1) is 11.7. The molecule has 0 radical (unpaired) electrons. The molecule has 24 heavy (non-hydrogen) atoms. The van der Waals surface area contributed by atoms with Crippen molar-refractivity contribution in [1.29, 1.82) is 0 Å². The van der Waals surface area contributed by atoms with Gasteiger partial charge in [0.1, 0.15) is 0 Å². The highest BCUT2D eigenvalue weighted by Gasteiger charge is 2.24. The van der Waals surface area contributed by atoms with E-state index in [1.807, 2.05) is 6.92 Å². The number of aromatic amines is 1. The minimum absolute atomic E-state index is 0.315. The number of aryl methyl sites for hydroxylation is 1. The molecule has 1 aromatic heterocycles. The van der Waals surface area contributed by atoms with Crippen LogP contribution < -0.4 is 5.32 Å². The van der Waals surface area contributed by atoms with E-state index in [4.69, 9.17) is 0 Å². The second-order valence-corrected chi connectivity index (χ2v) is 6.85. The molecule has 0 fully saturated rings. The standard InChI is InChI=1S/C21H24N2O/c1-14(24)13-22-20-9-5-8-17-18-12-16(15-6-3-2-4-7-15)10-11-19(18)23-21(17)20/h2-4,6-7,10-12,14,20,22-24H,5,8-9,13H2,1H3/t14-,20+/m0/s1. The maximum absolute atomic E-state index is 9.56. The van der Waals surface area contributed by atoms with Gasteiger partial charge in [-0.15, -0.1) is 0 Å². The average molecular weight is 320 g/mol. The molecular formula is C21H24N2O. The first kappa shape index (κ1) is 15.4. The molecule has 3 heteroatoms. The van der Waals surface area contributed by atoms with Crippen LogP contribution in [-0.2, 0) is 6.42 Å². The summed E-state index contributed by atoms with van der Waals surface area (Å²) in [7, 11) is 0. The van der Waals surface area contributed by atoms with Crippen molar-refractivity contribution in [2.75, 3.05) is 6.54 Å². The summed E-state index contributed by atoms with van der Waals surface area (Å²) >= 11 is 0. The summed E-state index contributed by atoms with van der Waals surface area (Å²) in [5, 5.41) is 14.4. The van der Waals surface area contributed by atoms with Crippen molar-refractivity contribution in [2.24, 2.45) is 0 Å². The molecule has 4 rings (SSSR count). The average Bonchev–Trinajstić information content (AvgIpc) is 2.99. The first-order valence-corrected chi connectivity index (χ1v) is 8.84. The molecular weight excluding hydrogens is 296 g/mol. The van der Waals surface area contributed by atoms with E-state index in [1.165, 1.54) is 39.7 Å². The molecule has 0 saturated heterocycles. The first-order valence-electron chi connectivity index (χ1n) is 8.84. The van der Waals surface area contributed by atoms with Crippen molar-refractivity contribution in [2.45, 2.75) is 38.3 Å².